The third-order valence-electron chi connectivity index (χ3n) is 8.36. The van der Waals surface area contributed by atoms with Crippen molar-refractivity contribution in [3.63, 3.8) is 0 Å². The van der Waals surface area contributed by atoms with E-state index in [4.69, 9.17) is 9.47 Å². The maximum atomic E-state index is 12.9. The van der Waals surface area contributed by atoms with Crippen molar-refractivity contribution in [3.05, 3.63) is 0 Å². The highest BCUT2D eigenvalue weighted by Crippen LogP contribution is 2.65. The van der Waals surface area contributed by atoms with Crippen LogP contribution >= 0.6 is 0 Å². The highest BCUT2D eigenvalue weighted by atomic mass is 16.7. The van der Waals surface area contributed by atoms with Crippen LogP contribution in [0, 0.1) is 22.2 Å². The summed E-state index contributed by atoms with van der Waals surface area (Å²) in [7, 11) is 0. The Kier molecular flexibility index (Phi) is 4.17. The molecule has 148 valence electrons. The van der Waals surface area contributed by atoms with Gasteiger partial charge in [-0.1, -0.05) is 34.6 Å². The number of rotatable bonds is 1. The molecule has 0 aromatic rings. The molecule has 26 heavy (non-hydrogen) atoms. The standard InChI is InChI=1S/C21H36N2O3/c1-18(2)13-25-21(26-14-18)8-10-23(11-9-21)17(24)22-16-12-15-6-7-20(16,5)19(15,3)4/h15-16H,6-14H2,1-5H3,(H,22,24). The number of nitrogens with one attached hydrogen (secondary N) is 1. The van der Waals surface area contributed by atoms with Gasteiger partial charge in [-0.25, -0.2) is 4.79 Å². The molecule has 2 saturated heterocycles. The summed E-state index contributed by atoms with van der Waals surface area (Å²) < 4.78 is 12.2. The number of likely N-dealkylation sites (tertiary alicyclic amines) is 1. The summed E-state index contributed by atoms with van der Waals surface area (Å²) in [6, 6.07) is 0.410. The molecule has 0 radical (unpaired) electrons. The van der Waals surface area contributed by atoms with Crippen LogP contribution in [0.3, 0.4) is 0 Å². The average Bonchev–Trinajstić information content (AvgIpc) is 2.92. The van der Waals surface area contributed by atoms with E-state index in [0.29, 0.717) is 24.5 Å². The topological polar surface area (TPSA) is 50.8 Å². The van der Waals surface area contributed by atoms with Crippen LogP contribution in [-0.4, -0.2) is 49.1 Å². The van der Waals surface area contributed by atoms with Crippen molar-refractivity contribution in [1.29, 1.82) is 0 Å². The molecule has 2 aliphatic carbocycles. The van der Waals surface area contributed by atoms with E-state index in [1.807, 2.05) is 4.90 Å². The van der Waals surface area contributed by atoms with Crippen LogP contribution in [-0.2, 0) is 9.47 Å². The molecule has 2 saturated carbocycles. The van der Waals surface area contributed by atoms with Crippen molar-refractivity contribution < 1.29 is 14.3 Å². The second-order valence-electron chi connectivity index (χ2n) is 10.8. The van der Waals surface area contributed by atoms with Crippen LogP contribution in [0.2, 0.25) is 0 Å². The Morgan fingerprint density at radius 2 is 1.62 bits per heavy atom. The minimum atomic E-state index is -0.466. The summed E-state index contributed by atoms with van der Waals surface area (Å²) in [5, 5.41) is 3.39. The van der Waals surface area contributed by atoms with E-state index in [2.05, 4.69) is 39.9 Å². The quantitative estimate of drug-likeness (QED) is 0.770. The summed E-state index contributed by atoms with van der Waals surface area (Å²) in [6.07, 6.45) is 5.22. The second-order valence-corrected chi connectivity index (χ2v) is 10.8. The second kappa shape index (κ2) is 5.84. The molecule has 1 N–H and O–H groups in total. The fourth-order valence-corrected chi connectivity index (χ4v) is 5.74. The number of piperidine rings is 1. The summed E-state index contributed by atoms with van der Waals surface area (Å²) in [6.45, 7) is 14.4. The van der Waals surface area contributed by atoms with Gasteiger partial charge in [0.05, 0.1) is 13.2 Å². The van der Waals surface area contributed by atoms with Crippen molar-refractivity contribution in [3.8, 4) is 0 Å². The van der Waals surface area contributed by atoms with Crippen molar-refractivity contribution in [2.75, 3.05) is 26.3 Å². The van der Waals surface area contributed by atoms with Gasteiger partial charge in [0.2, 0.25) is 0 Å². The molecule has 5 heteroatoms. The first-order valence-electron chi connectivity index (χ1n) is 10.4. The number of nitrogens with zero attached hydrogens (tertiary/aromatic N) is 1. The number of amides is 2. The fourth-order valence-electron chi connectivity index (χ4n) is 5.74. The zero-order chi connectivity index (χ0) is 18.8. The zero-order valence-corrected chi connectivity index (χ0v) is 17.2. The zero-order valence-electron chi connectivity index (χ0n) is 17.2. The molecule has 2 amide bonds. The first-order chi connectivity index (χ1) is 12.1. The number of ether oxygens (including phenoxy) is 2. The Morgan fingerprint density at radius 1 is 1.00 bits per heavy atom. The maximum absolute atomic E-state index is 12.9. The van der Waals surface area contributed by atoms with Gasteiger partial charge in [-0.15, -0.1) is 0 Å². The molecule has 2 aliphatic heterocycles. The molecule has 4 fully saturated rings. The van der Waals surface area contributed by atoms with Crippen LogP contribution in [0.15, 0.2) is 0 Å². The minimum Gasteiger partial charge on any atom is -0.349 e. The molecule has 2 bridgehead atoms. The van der Waals surface area contributed by atoms with Crippen LogP contribution in [0.25, 0.3) is 0 Å². The van der Waals surface area contributed by atoms with E-state index < -0.39 is 5.79 Å². The van der Waals surface area contributed by atoms with Crippen LogP contribution in [0.1, 0.15) is 66.7 Å². The summed E-state index contributed by atoms with van der Waals surface area (Å²) >= 11 is 0. The van der Waals surface area contributed by atoms with E-state index >= 15 is 0 Å². The summed E-state index contributed by atoms with van der Waals surface area (Å²) in [4.78, 5) is 14.8. The largest absolute Gasteiger partial charge is 0.349 e. The van der Waals surface area contributed by atoms with E-state index in [-0.39, 0.29) is 16.9 Å². The third-order valence-corrected chi connectivity index (χ3v) is 8.36. The van der Waals surface area contributed by atoms with Gasteiger partial charge in [-0.2, -0.15) is 0 Å². The van der Waals surface area contributed by atoms with E-state index in [1.165, 1.54) is 12.8 Å². The van der Waals surface area contributed by atoms with Gasteiger partial charge in [0.15, 0.2) is 5.79 Å². The van der Waals surface area contributed by atoms with Gasteiger partial charge in [-0.05, 0) is 36.0 Å². The molecule has 0 aromatic heterocycles. The lowest BCUT2D eigenvalue weighted by Gasteiger charge is -2.47. The maximum Gasteiger partial charge on any atom is 0.317 e. The molecule has 3 atom stereocenters. The fraction of sp³-hybridized carbons (Fsp3) is 0.952. The Hall–Kier alpha value is -0.810. The van der Waals surface area contributed by atoms with Gasteiger partial charge >= 0.3 is 6.03 Å². The van der Waals surface area contributed by atoms with E-state index in [0.717, 1.165) is 38.4 Å². The third kappa shape index (κ3) is 2.77. The van der Waals surface area contributed by atoms with Gasteiger partial charge in [-0.3, -0.25) is 0 Å². The monoisotopic (exact) mass is 364 g/mol. The molecule has 5 nitrogen and oxygen atoms in total. The van der Waals surface area contributed by atoms with Crippen LogP contribution < -0.4 is 5.32 Å². The molecule has 2 heterocycles. The first-order valence-corrected chi connectivity index (χ1v) is 10.4. The Labute approximate surface area is 158 Å². The van der Waals surface area contributed by atoms with Crippen LogP contribution in [0.5, 0.6) is 0 Å². The van der Waals surface area contributed by atoms with Crippen molar-refractivity contribution >= 4 is 6.03 Å². The molecule has 4 rings (SSSR count). The van der Waals surface area contributed by atoms with E-state index in [1.54, 1.807) is 0 Å². The van der Waals surface area contributed by atoms with E-state index in [9.17, 15) is 4.79 Å². The van der Waals surface area contributed by atoms with Crippen LogP contribution in [0.4, 0.5) is 4.79 Å². The number of fused-ring (bicyclic) bond motifs is 2. The van der Waals surface area contributed by atoms with Crippen molar-refractivity contribution in [1.82, 2.24) is 10.2 Å². The van der Waals surface area contributed by atoms with Gasteiger partial charge < -0.3 is 19.7 Å². The van der Waals surface area contributed by atoms with Gasteiger partial charge in [0, 0.05) is 37.4 Å². The number of carbonyl (C=O) groups excluding carboxylic acids is 1. The smallest absolute Gasteiger partial charge is 0.317 e. The summed E-state index contributed by atoms with van der Waals surface area (Å²) in [5.41, 5.74) is 0.642. The predicted octanol–water partition coefficient (Wildman–Crippen LogP) is 3.78. The Bertz CT molecular complexity index is 568. The lowest BCUT2D eigenvalue weighted by Crippen LogP contribution is -2.57. The highest BCUT2D eigenvalue weighted by Gasteiger charge is 2.61. The number of carbonyl (C=O) groups is 1. The molecule has 4 aliphatic rings. The first kappa shape index (κ1) is 18.5. The normalized spacial score (nSPS) is 40.0. The Balaban J connectivity index is 1.33. The van der Waals surface area contributed by atoms with Gasteiger partial charge in [0.1, 0.15) is 0 Å². The Morgan fingerprint density at radius 3 is 2.12 bits per heavy atom. The predicted molar refractivity (Wildman–Crippen MR) is 101 cm³/mol. The number of urea groups is 1. The number of hydrogen-bond donors (Lipinski definition) is 1. The van der Waals surface area contributed by atoms with Gasteiger partial charge in [0.25, 0.3) is 0 Å². The van der Waals surface area contributed by atoms with Crippen molar-refractivity contribution in [2.45, 2.75) is 78.6 Å². The number of hydrogen-bond acceptors (Lipinski definition) is 3. The molecular weight excluding hydrogens is 328 g/mol. The SMILES string of the molecule is CC1(C)COC2(CCN(C(=O)NC3CC4CCC3(C)C4(C)C)CC2)OC1. The molecular formula is C21H36N2O3. The lowest BCUT2D eigenvalue weighted by molar-refractivity contribution is -0.311. The highest BCUT2D eigenvalue weighted by molar-refractivity contribution is 5.75. The molecule has 0 aromatic carbocycles. The molecule has 1 spiro atoms. The van der Waals surface area contributed by atoms with Crippen molar-refractivity contribution in [2.24, 2.45) is 22.2 Å². The molecule has 3 unspecified atom stereocenters. The summed E-state index contributed by atoms with van der Waals surface area (Å²) in [5.74, 6) is 0.280. The average molecular weight is 365 g/mol. The minimum absolute atomic E-state index is 0.0871. The lowest BCUT2D eigenvalue weighted by atomic mass is 9.69.